The molecule has 1 aliphatic rings. The third kappa shape index (κ3) is 4.63. The van der Waals surface area contributed by atoms with E-state index in [4.69, 9.17) is 0 Å². The largest absolute Gasteiger partial charge is 0.0745 e. The van der Waals surface area contributed by atoms with Gasteiger partial charge in [-0.3, -0.25) is 0 Å². The van der Waals surface area contributed by atoms with Crippen LogP contribution < -0.4 is 0 Å². The van der Waals surface area contributed by atoms with Crippen molar-refractivity contribution in [1.29, 1.82) is 0 Å². The van der Waals surface area contributed by atoms with E-state index in [1.165, 1.54) is 51.4 Å². The van der Waals surface area contributed by atoms with E-state index in [0.29, 0.717) is 0 Å². The van der Waals surface area contributed by atoms with Crippen LogP contribution >= 0.6 is 15.9 Å². The second-order valence-electron chi connectivity index (χ2n) is 4.60. The summed E-state index contributed by atoms with van der Waals surface area (Å²) < 4.78 is 0. The van der Waals surface area contributed by atoms with E-state index in [1.54, 1.807) is 0 Å². The Hall–Kier alpha value is 0.220. The summed E-state index contributed by atoms with van der Waals surface area (Å²) in [5.74, 6) is 1.90. The molecule has 1 heteroatoms. The van der Waals surface area contributed by atoms with Gasteiger partial charge in [0.1, 0.15) is 0 Å². The Kier molecular flexibility index (Phi) is 6.59. The maximum atomic E-state index is 3.37. The van der Waals surface area contributed by atoms with Crippen LogP contribution in [-0.4, -0.2) is 0 Å². The van der Waals surface area contributed by atoms with Gasteiger partial charge in [-0.25, -0.2) is 0 Å². The van der Waals surface area contributed by atoms with Gasteiger partial charge in [-0.2, -0.15) is 0 Å². The smallest absolute Gasteiger partial charge is 0.0225 e. The van der Waals surface area contributed by atoms with Crippen LogP contribution in [0.2, 0.25) is 0 Å². The summed E-state index contributed by atoms with van der Waals surface area (Å²) in [5.41, 5.74) is 0. The Morgan fingerprint density at radius 2 is 1.86 bits per heavy atom. The molecule has 0 aliphatic heterocycles. The molecule has 0 nitrogen and oxygen atoms in total. The molecule has 0 saturated heterocycles. The lowest BCUT2D eigenvalue weighted by atomic mass is 9.80. The lowest BCUT2D eigenvalue weighted by Crippen LogP contribution is -2.12. The third-order valence-corrected chi connectivity index (χ3v) is 3.76. The Labute approximate surface area is 97.3 Å². The van der Waals surface area contributed by atoms with Crippen molar-refractivity contribution in [3.8, 4) is 0 Å². The van der Waals surface area contributed by atoms with Crippen LogP contribution in [0.5, 0.6) is 0 Å². The average molecular weight is 259 g/mol. The summed E-state index contributed by atoms with van der Waals surface area (Å²) in [7, 11) is 0. The molecule has 0 atom stereocenters. The van der Waals surface area contributed by atoms with Crippen molar-refractivity contribution in [1.82, 2.24) is 0 Å². The minimum atomic E-state index is 0.858. The first-order valence-corrected chi connectivity index (χ1v) is 7.05. The van der Waals surface area contributed by atoms with Gasteiger partial charge in [0, 0.05) is 0 Å². The Bertz CT molecular complexity index is 155. The molecule has 0 spiro atoms. The number of halogens is 1. The zero-order valence-corrected chi connectivity index (χ0v) is 10.9. The third-order valence-electron chi connectivity index (χ3n) is 3.45. The standard InChI is InChI=1S/C13H23Br/c1-2-3-4-5-12-6-8-13(9-7-12)10-11-14/h10-13H,2-9H2,1H3/b11-10+. The molecule has 0 aromatic rings. The topological polar surface area (TPSA) is 0 Å². The lowest BCUT2D eigenvalue weighted by Gasteiger charge is -2.26. The summed E-state index contributed by atoms with van der Waals surface area (Å²) in [4.78, 5) is 2.04. The molecule has 82 valence electrons. The van der Waals surface area contributed by atoms with E-state index >= 15 is 0 Å². The van der Waals surface area contributed by atoms with Crippen LogP contribution in [-0.2, 0) is 0 Å². The van der Waals surface area contributed by atoms with Gasteiger partial charge < -0.3 is 0 Å². The minimum absolute atomic E-state index is 0.858. The molecule has 14 heavy (non-hydrogen) atoms. The molecule has 0 amide bonds. The number of rotatable bonds is 5. The van der Waals surface area contributed by atoms with Gasteiger partial charge >= 0.3 is 0 Å². The van der Waals surface area contributed by atoms with Gasteiger partial charge in [0.05, 0.1) is 0 Å². The van der Waals surface area contributed by atoms with Crippen LogP contribution in [0.1, 0.15) is 58.3 Å². The Balaban J connectivity index is 2.09. The molecule has 0 radical (unpaired) electrons. The van der Waals surface area contributed by atoms with Crippen molar-refractivity contribution in [3.63, 3.8) is 0 Å². The highest BCUT2D eigenvalue weighted by Crippen LogP contribution is 2.32. The van der Waals surface area contributed by atoms with Gasteiger partial charge in [-0.1, -0.05) is 54.6 Å². The zero-order chi connectivity index (χ0) is 10.2. The summed E-state index contributed by atoms with van der Waals surface area (Å²) in [5, 5.41) is 0. The van der Waals surface area contributed by atoms with E-state index in [9.17, 15) is 0 Å². The summed E-state index contributed by atoms with van der Waals surface area (Å²) in [6.45, 7) is 2.29. The van der Waals surface area contributed by atoms with Crippen molar-refractivity contribution in [2.24, 2.45) is 11.8 Å². The van der Waals surface area contributed by atoms with Crippen LogP contribution in [0.4, 0.5) is 0 Å². The fourth-order valence-electron chi connectivity index (χ4n) is 2.46. The van der Waals surface area contributed by atoms with E-state index in [-0.39, 0.29) is 0 Å². The molecule has 0 aromatic carbocycles. The normalized spacial score (nSPS) is 28.4. The van der Waals surface area contributed by atoms with E-state index in [1.807, 2.05) is 4.99 Å². The predicted molar refractivity (Wildman–Crippen MR) is 67.7 cm³/mol. The van der Waals surface area contributed by atoms with Crippen molar-refractivity contribution >= 4 is 15.9 Å². The lowest BCUT2D eigenvalue weighted by molar-refractivity contribution is 0.289. The molecule has 1 fully saturated rings. The number of allylic oxidation sites excluding steroid dienone is 1. The molecule has 1 saturated carbocycles. The van der Waals surface area contributed by atoms with Crippen molar-refractivity contribution in [2.45, 2.75) is 58.3 Å². The second kappa shape index (κ2) is 7.50. The summed E-state index contributed by atoms with van der Waals surface area (Å²) in [6.07, 6.45) is 13.8. The highest BCUT2D eigenvalue weighted by atomic mass is 79.9. The quantitative estimate of drug-likeness (QED) is 0.589. The molecule has 0 aromatic heterocycles. The minimum Gasteiger partial charge on any atom is -0.0745 e. The highest BCUT2D eigenvalue weighted by Gasteiger charge is 2.18. The maximum absolute atomic E-state index is 3.37. The Morgan fingerprint density at radius 3 is 2.43 bits per heavy atom. The zero-order valence-electron chi connectivity index (χ0n) is 9.34. The van der Waals surface area contributed by atoms with Crippen LogP contribution in [0.25, 0.3) is 0 Å². The van der Waals surface area contributed by atoms with Crippen LogP contribution in [0, 0.1) is 11.8 Å². The molecule has 0 heterocycles. The first kappa shape index (κ1) is 12.3. The van der Waals surface area contributed by atoms with Crippen LogP contribution in [0.15, 0.2) is 11.1 Å². The van der Waals surface area contributed by atoms with E-state index in [0.717, 1.165) is 11.8 Å². The Morgan fingerprint density at radius 1 is 1.14 bits per heavy atom. The summed E-state index contributed by atoms with van der Waals surface area (Å²) in [6, 6.07) is 0. The van der Waals surface area contributed by atoms with Crippen LogP contribution in [0.3, 0.4) is 0 Å². The predicted octanol–water partition coefficient (Wildman–Crippen LogP) is 5.28. The van der Waals surface area contributed by atoms with Crippen molar-refractivity contribution in [3.05, 3.63) is 11.1 Å². The van der Waals surface area contributed by atoms with Gasteiger partial charge in [0.25, 0.3) is 0 Å². The van der Waals surface area contributed by atoms with Gasteiger partial charge in [0.2, 0.25) is 0 Å². The van der Waals surface area contributed by atoms with E-state index < -0.39 is 0 Å². The first-order chi connectivity index (χ1) is 6.86. The molecule has 1 aliphatic carbocycles. The fraction of sp³-hybridized carbons (Fsp3) is 0.846. The molecule has 0 unspecified atom stereocenters. The molecule has 0 bridgehead atoms. The average Bonchev–Trinajstić information content (AvgIpc) is 2.21. The molecule has 1 rings (SSSR count). The fourth-order valence-corrected chi connectivity index (χ4v) is 2.89. The van der Waals surface area contributed by atoms with Gasteiger partial charge in [0.15, 0.2) is 0 Å². The van der Waals surface area contributed by atoms with E-state index in [2.05, 4.69) is 28.9 Å². The molecule has 0 N–H and O–H groups in total. The monoisotopic (exact) mass is 258 g/mol. The molecular weight excluding hydrogens is 236 g/mol. The van der Waals surface area contributed by atoms with Gasteiger partial charge in [-0.05, 0) is 42.5 Å². The number of hydrogen-bond acceptors (Lipinski definition) is 0. The highest BCUT2D eigenvalue weighted by molar-refractivity contribution is 9.11. The number of hydrogen-bond donors (Lipinski definition) is 0. The molecular formula is C13H23Br. The number of unbranched alkanes of at least 4 members (excludes halogenated alkanes) is 2. The van der Waals surface area contributed by atoms with Crippen molar-refractivity contribution < 1.29 is 0 Å². The maximum Gasteiger partial charge on any atom is -0.0225 e. The van der Waals surface area contributed by atoms with Gasteiger partial charge in [-0.15, -0.1) is 0 Å². The SMILES string of the molecule is CCCCCC1CCC(/C=C/Br)CC1. The second-order valence-corrected chi connectivity index (χ2v) is 5.12. The first-order valence-electron chi connectivity index (χ1n) is 6.13. The summed E-state index contributed by atoms with van der Waals surface area (Å²) >= 11 is 3.37. The van der Waals surface area contributed by atoms with Crippen molar-refractivity contribution in [2.75, 3.05) is 0 Å².